The quantitative estimate of drug-likeness (QED) is 0.182. The molecule has 180 valence electrons. The normalized spacial score (nSPS) is 12.1. The van der Waals surface area contributed by atoms with Crippen LogP contribution in [-0.4, -0.2) is 45.0 Å². The number of aromatic nitrogens is 3. The number of likely N-dealkylation sites (N-methyl/N-ethyl adjacent to an activating group) is 1. The lowest BCUT2D eigenvalue weighted by molar-refractivity contribution is -0.470. The highest BCUT2D eigenvalue weighted by Gasteiger charge is 2.23. The molecule has 0 amide bonds. The van der Waals surface area contributed by atoms with Crippen molar-refractivity contribution in [2.45, 2.75) is 19.9 Å². The van der Waals surface area contributed by atoms with Crippen LogP contribution in [0.5, 0.6) is 0 Å². The van der Waals surface area contributed by atoms with Crippen molar-refractivity contribution in [3.05, 3.63) is 94.3 Å². The maximum atomic E-state index is 12.8. The first-order chi connectivity index (χ1) is 17.4. The molecule has 4 aromatic rings. The zero-order chi connectivity index (χ0) is 25.7. The first-order valence-electron chi connectivity index (χ1n) is 11.5. The number of fused-ring (bicyclic) bond motifs is 1. The van der Waals surface area contributed by atoms with Gasteiger partial charge in [0, 0.05) is 35.6 Å². The number of allylic oxidation sites excluding steroid dienone is 1. The molecule has 3 aromatic heterocycles. The van der Waals surface area contributed by atoms with Crippen LogP contribution in [0.4, 0.5) is 5.82 Å². The van der Waals surface area contributed by atoms with Gasteiger partial charge in [0.15, 0.2) is 0 Å². The van der Waals surface area contributed by atoms with Crippen molar-refractivity contribution in [3.63, 3.8) is 0 Å². The monoisotopic (exact) mass is 479 g/mol. The molecule has 4 rings (SSSR count). The Balaban J connectivity index is 1.80. The molecule has 0 saturated carbocycles. The first kappa shape index (κ1) is 24.5. The van der Waals surface area contributed by atoms with Crippen LogP contribution >= 0.6 is 0 Å². The summed E-state index contributed by atoms with van der Waals surface area (Å²) >= 11 is 0. The number of carbonyl (C=O) groups is 1. The highest BCUT2D eigenvalue weighted by Crippen LogP contribution is 2.28. The van der Waals surface area contributed by atoms with Crippen molar-refractivity contribution in [3.8, 4) is 23.1 Å². The zero-order valence-corrected chi connectivity index (χ0v) is 20.4. The van der Waals surface area contributed by atoms with Gasteiger partial charge >= 0.3 is 5.82 Å². The molecule has 0 fully saturated rings. The molecule has 0 bridgehead atoms. The van der Waals surface area contributed by atoms with E-state index in [0.717, 1.165) is 38.5 Å². The fourth-order valence-corrected chi connectivity index (χ4v) is 3.79. The number of aryl methyl sites for hydroxylation is 1. The number of benzene rings is 1. The summed E-state index contributed by atoms with van der Waals surface area (Å²) in [6.45, 7) is 4.13. The first-order valence-corrected chi connectivity index (χ1v) is 11.5. The Morgan fingerprint density at radius 1 is 1.14 bits per heavy atom. The van der Waals surface area contributed by atoms with Crippen LogP contribution in [0.1, 0.15) is 29.4 Å². The molecule has 8 heteroatoms. The maximum Gasteiger partial charge on any atom is 0.362 e. The van der Waals surface area contributed by atoms with Crippen molar-refractivity contribution in [2.75, 3.05) is 13.6 Å². The second-order valence-electron chi connectivity index (χ2n) is 8.38. The lowest BCUT2D eigenvalue weighted by Crippen LogP contribution is -2.29. The summed E-state index contributed by atoms with van der Waals surface area (Å²) in [6.07, 6.45) is 3.91. The minimum Gasteiger partial charge on any atom is -0.398 e. The Morgan fingerprint density at radius 3 is 2.64 bits per heavy atom. The van der Waals surface area contributed by atoms with Crippen molar-refractivity contribution in [1.29, 1.82) is 0 Å². The van der Waals surface area contributed by atoms with Crippen molar-refractivity contribution in [2.24, 2.45) is 5.73 Å². The molecule has 0 aliphatic heterocycles. The molecule has 1 unspecified atom stereocenters. The second-order valence-corrected chi connectivity index (χ2v) is 8.38. The molecule has 1 atom stereocenters. The predicted molar refractivity (Wildman–Crippen MR) is 140 cm³/mol. The van der Waals surface area contributed by atoms with Crippen LogP contribution in [0.25, 0.3) is 22.6 Å². The van der Waals surface area contributed by atoms with E-state index in [2.05, 4.69) is 27.1 Å². The van der Waals surface area contributed by atoms with Crippen LogP contribution in [0.3, 0.4) is 0 Å². The molecule has 8 nitrogen and oxygen atoms in total. The second kappa shape index (κ2) is 10.8. The molecule has 0 aliphatic carbocycles. The van der Waals surface area contributed by atoms with Gasteiger partial charge in [-0.1, -0.05) is 29.0 Å². The average Bonchev–Trinajstić information content (AvgIpc) is 3.23. The number of imidazole rings is 1. The molecule has 0 radical (unpaired) electrons. The molecule has 0 saturated heterocycles. The molecular formula is C28H27N6O2+. The van der Waals surface area contributed by atoms with Gasteiger partial charge < -0.3 is 11.1 Å². The van der Waals surface area contributed by atoms with E-state index in [1.807, 2.05) is 67.9 Å². The number of aldehydes is 1. The Bertz CT molecular complexity index is 1520. The highest BCUT2D eigenvalue weighted by molar-refractivity contribution is 5.80. The van der Waals surface area contributed by atoms with Gasteiger partial charge in [-0.25, -0.2) is 4.98 Å². The average molecular weight is 480 g/mol. The Hall–Kier alpha value is -4.61. The summed E-state index contributed by atoms with van der Waals surface area (Å²) in [5.41, 5.74) is 11.5. The van der Waals surface area contributed by atoms with E-state index < -0.39 is 0 Å². The molecule has 36 heavy (non-hydrogen) atoms. The van der Waals surface area contributed by atoms with Gasteiger partial charge in [-0.2, -0.15) is 0 Å². The summed E-state index contributed by atoms with van der Waals surface area (Å²) in [5.74, 6) is 6.59. The molecule has 0 spiro atoms. The maximum absolute atomic E-state index is 12.8. The third-order valence-electron chi connectivity index (χ3n) is 5.82. The molecule has 3 heterocycles. The number of pyridine rings is 2. The van der Waals surface area contributed by atoms with E-state index in [4.69, 9.17) is 5.73 Å². The number of carbonyl (C=O) groups excluding carboxylic acids is 1. The molecular weight excluding hydrogens is 452 g/mol. The number of hydrogen-bond donors (Lipinski definition) is 2. The van der Waals surface area contributed by atoms with Gasteiger partial charge in [0.05, 0.1) is 17.0 Å². The van der Waals surface area contributed by atoms with E-state index in [-0.39, 0.29) is 12.6 Å². The third-order valence-corrected chi connectivity index (χ3v) is 5.82. The largest absolute Gasteiger partial charge is 0.398 e. The lowest BCUT2D eigenvalue weighted by atomic mass is 10.1. The Labute approximate surface area is 209 Å². The minimum absolute atomic E-state index is 0.00116. The third kappa shape index (κ3) is 5.22. The van der Waals surface area contributed by atoms with E-state index in [1.54, 1.807) is 18.2 Å². The minimum atomic E-state index is -0.00116. The summed E-state index contributed by atoms with van der Waals surface area (Å²) in [6, 6.07) is 16.7. The van der Waals surface area contributed by atoms with Gasteiger partial charge in [0.2, 0.25) is 5.69 Å². The van der Waals surface area contributed by atoms with Crippen LogP contribution in [-0.2, 0) is 4.79 Å². The zero-order valence-electron chi connectivity index (χ0n) is 20.4. The summed E-state index contributed by atoms with van der Waals surface area (Å²) < 4.78 is 2.86. The number of nitrogens with one attached hydrogen (secondary N) is 1. The SMILES string of the molecule is CNC(C)C[N+](=O)c1ccc(-c2c(C)nc3ccccn23)c(C#Cc2ccc(C(N)=CC=O)cc2)n1. The number of nitrogens with zero attached hydrogens (tertiary/aromatic N) is 4. The fraction of sp³-hybridized carbons (Fsp3) is 0.179. The van der Waals surface area contributed by atoms with Gasteiger partial charge in [0.1, 0.15) is 18.5 Å². The highest BCUT2D eigenvalue weighted by atomic mass is 16.3. The smallest absolute Gasteiger partial charge is 0.362 e. The van der Waals surface area contributed by atoms with Gasteiger partial charge in [-0.05, 0) is 72.5 Å². The number of hydrogen-bond acceptors (Lipinski definition) is 6. The topological polar surface area (TPSA) is 105 Å². The number of nitroso groups, excluding NO2 is 1. The van der Waals surface area contributed by atoms with E-state index in [1.165, 1.54) is 6.08 Å². The number of rotatable bonds is 7. The fourth-order valence-electron chi connectivity index (χ4n) is 3.79. The molecule has 3 N–H and O–H groups in total. The van der Waals surface area contributed by atoms with E-state index in [0.29, 0.717) is 23.5 Å². The van der Waals surface area contributed by atoms with Crippen molar-refractivity contribution in [1.82, 2.24) is 19.7 Å². The Morgan fingerprint density at radius 2 is 1.92 bits per heavy atom. The van der Waals surface area contributed by atoms with Gasteiger partial charge in [0.25, 0.3) is 0 Å². The molecule has 1 aromatic carbocycles. The standard InChI is InChI=1S/C28H26N6O2/c1-19(30-3)18-34(36)27-14-12-23(28-20(2)31-26-6-4-5-16-33(26)28)25(32-27)13-9-21-7-10-22(11-8-21)24(29)15-17-35/h4-8,10-12,14-17,19,30H,18H2,1-3H3,(H-,29,35)/p+1. The Kier molecular flexibility index (Phi) is 7.33. The van der Waals surface area contributed by atoms with Crippen LogP contribution < -0.4 is 11.1 Å². The van der Waals surface area contributed by atoms with Crippen molar-refractivity contribution >= 4 is 23.4 Å². The lowest BCUT2D eigenvalue weighted by Gasteiger charge is -2.06. The van der Waals surface area contributed by atoms with Crippen LogP contribution in [0, 0.1) is 23.7 Å². The van der Waals surface area contributed by atoms with Gasteiger partial charge in [-0.15, -0.1) is 0 Å². The van der Waals surface area contributed by atoms with Crippen LogP contribution in [0.2, 0.25) is 0 Å². The molecule has 0 aliphatic rings. The summed E-state index contributed by atoms with van der Waals surface area (Å²) in [4.78, 5) is 32.8. The van der Waals surface area contributed by atoms with Gasteiger partial charge in [-0.3, -0.25) is 9.20 Å². The van der Waals surface area contributed by atoms with Crippen molar-refractivity contribution < 1.29 is 9.55 Å². The number of nitrogens with two attached hydrogens (primary N) is 1. The van der Waals surface area contributed by atoms with Crippen LogP contribution in [0.15, 0.2) is 66.9 Å². The van der Waals surface area contributed by atoms with E-state index >= 15 is 0 Å². The predicted octanol–water partition coefficient (Wildman–Crippen LogP) is 3.62. The summed E-state index contributed by atoms with van der Waals surface area (Å²) in [7, 11) is 1.81. The van der Waals surface area contributed by atoms with E-state index in [9.17, 15) is 9.70 Å². The summed E-state index contributed by atoms with van der Waals surface area (Å²) in [5, 5.41) is 3.07.